The van der Waals surface area contributed by atoms with Crippen LogP contribution in [0.25, 0.3) is 0 Å². The fourth-order valence-corrected chi connectivity index (χ4v) is 4.30. The van der Waals surface area contributed by atoms with E-state index in [2.05, 4.69) is 0 Å². The zero-order valence-corrected chi connectivity index (χ0v) is 14.7. The van der Waals surface area contributed by atoms with Crippen LogP contribution in [-0.2, 0) is 21.9 Å². The normalized spacial score (nSPS) is 26.5. The van der Waals surface area contributed by atoms with Crippen LogP contribution in [0.3, 0.4) is 0 Å². The van der Waals surface area contributed by atoms with Gasteiger partial charge in [-0.15, -0.1) is 0 Å². The van der Waals surface area contributed by atoms with Gasteiger partial charge in [-0.1, -0.05) is 26.8 Å². The summed E-state index contributed by atoms with van der Waals surface area (Å²) in [4.78, 5) is 11.7. The number of rotatable bonds is 2. The summed E-state index contributed by atoms with van der Waals surface area (Å²) in [7, 11) is 0. The van der Waals surface area contributed by atoms with Gasteiger partial charge in [0.1, 0.15) is 13.2 Å². The van der Waals surface area contributed by atoms with E-state index in [0.29, 0.717) is 31.1 Å². The van der Waals surface area contributed by atoms with Gasteiger partial charge in [0.15, 0.2) is 11.5 Å². The van der Waals surface area contributed by atoms with Crippen LogP contribution in [0.5, 0.6) is 11.5 Å². The number of ether oxygens (including phenoxy) is 2. The molecule has 0 spiro atoms. The molecule has 2 heterocycles. The maximum atomic E-state index is 12.1. The van der Waals surface area contributed by atoms with Crippen LogP contribution in [0.2, 0.25) is 0 Å². The molecule has 24 heavy (non-hydrogen) atoms. The summed E-state index contributed by atoms with van der Waals surface area (Å²) in [6.45, 7) is 6.84. The van der Waals surface area contributed by atoms with E-state index in [-0.39, 0.29) is 6.61 Å². The van der Waals surface area contributed by atoms with E-state index in [9.17, 15) is 14.1 Å². The first kappa shape index (κ1) is 17.0. The van der Waals surface area contributed by atoms with E-state index in [1.807, 2.05) is 39.0 Å². The van der Waals surface area contributed by atoms with E-state index < -0.39 is 28.3 Å². The molecule has 3 rings (SSSR count). The lowest BCUT2D eigenvalue weighted by Gasteiger charge is -2.44. The second kappa shape index (κ2) is 5.93. The Morgan fingerprint density at radius 2 is 1.96 bits per heavy atom. The molecule has 0 bridgehead atoms. The number of carboxylic acid groups (broad SMARTS) is 1. The van der Waals surface area contributed by atoms with Crippen molar-refractivity contribution in [3.05, 3.63) is 23.8 Å². The smallest absolute Gasteiger partial charge is 0.421 e. The Labute approximate surface area is 143 Å². The van der Waals surface area contributed by atoms with Gasteiger partial charge in [0, 0.05) is 0 Å². The minimum atomic E-state index is -2.00. The first-order valence-electron chi connectivity index (χ1n) is 7.71. The van der Waals surface area contributed by atoms with Crippen LogP contribution < -0.4 is 9.47 Å². The van der Waals surface area contributed by atoms with Gasteiger partial charge < -0.3 is 14.6 Å². The largest absolute Gasteiger partial charge is 0.486 e. The molecular formula is C16H21NO6S. The molecule has 0 radical (unpaired) electrons. The summed E-state index contributed by atoms with van der Waals surface area (Å²) in [5.41, 5.74) is -0.541. The van der Waals surface area contributed by atoms with Crippen molar-refractivity contribution in [2.24, 2.45) is 5.41 Å². The molecule has 2 aliphatic rings. The van der Waals surface area contributed by atoms with E-state index in [1.54, 1.807) is 0 Å². The molecule has 1 amide bonds. The van der Waals surface area contributed by atoms with Crippen LogP contribution in [0.15, 0.2) is 18.2 Å². The van der Waals surface area contributed by atoms with Crippen molar-refractivity contribution in [3.63, 3.8) is 0 Å². The van der Waals surface area contributed by atoms with Crippen LogP contribution in [0.4, 0.5) is 4.79 Å². The highest BCUT2D eigenvalue weighted by Gasteiger charge is 2.57. The molecule has 0 aromatic heterocycles. The summed E-state index contributed by atoms with van der Waals surface area (Å²) in [5.74, 6) is 1.32. The first-order chi connectivity index (χ1) is 11.2. The SMILES string of the molecule is CC(C)(C)[C@@]1(Cc2ccc3c(c2)OCCO3)COS(=O)N1C(=O)O. The van der Waals surface area contributed by atoms with Gasteiger partial charge in [-0.3, -0.25) is 4.18 Å². The van der Waals surface area contributed by atoms with Gasteiger partial charge in [-0.25, -0.2) is 9.00 Å². The van der Waals surface area contributed by atoms with Crippen molar-refractivity contribution >= 4 is 17.4 Å². The minimum absolute atomic E-state index is 0.0733. The molecule has 1 aromatic carbocycles. The molecule has 1 fully saturated rings. The molecule has 2 aliphatic heterocycles. The molecule has 0 saturated carbocycles. The standard InChI is InChI=1S/C16H21NO6S/c1-15(2,3)16(10-23-24(20)17(16)14(18)19)9-11-4-5-12-13(8-11)22-7-6-21-12/h4-5,8H,6-7,9-10H2,1-3H3,(H,18,19)/t16-,24?/m1/s1. The van der Waals surface area contributed by atoms with Gasteiger partial charge in [-0.05, 0) is 29.5 Å². The highest BCUT2D eigenvalue weighted by molar-refractivity contribution is 7.78. The Morgan fingerprint density at radius 1 is 1.29 bits per heavy atom. The van der Waals surface area contributed by atoms with Crippen molar-refractivity contribution in [1.29, 1.82) is 0 Å². The second-order valence-electron chi connectivity index (χ2n) is 6.99. The Kier molecular flexibility index (Phi) is 4.21. The molecule has 2 atom stereocenters. The highest BCUT2D eigenvalue weighted by atomic mass is 32.2. The summed E-state index contributed by atoms with van der Waals surface area (Å²) in [6, 6.07) is 5.55. The van der Waals surface area contributed by atoms with E-state index >= 15 is 0 Å². The molecule has 1 saturated heterocycles. The molecule has 7 nitrogen and oxygen atoms in total. The second-order valence-corrected chi connectivity index (χ2v) is 8.03. The van der Waals surface area contributed by atoms with Crippen molar-refractivity contribution < 1.29 is 27.8 Å². The van der Waals surface area contributed by atoms with Crippen LogP contribution in [0.1, 0.15) is 26.3 Å². The Bertz CT molecular complexity index is 686. The zero-order valence-electron chi connectivity index (χ0n) is 13.9. The summed E-state index contributed by atoms with van der Waals surface area (Å²) in [5, 5.41) is 9.56. The van der Waals surface area contributed by atoms with Crippen molar-refractivity contribution in [3.8, 4) is 11.5 Å². The number of hydrogen-bond acceptors (Lipinski definition) is 5. The summed E-state index contributed by atoms with van der Waals surface area (Å²) >= 11 is -2.00. The predicted molar refractivity (Wildman–Crippen MR) is 87.3 cm³/mol. The van der Waals surface area contributed by atoms with Crippen molar-refractivity contribution in [1.82, 2.24) is 4.31 Å². The number of benzene rings is 1. The number of fused-ring (bicyclic) bond motifs is 1. The average Bonchev–Trinajstić information content (AvgIpc) is 2.85. The van der Waals surface area contributed by atoms with E-state index in [0.717, 1.165) is 9.87 Å². The lowest BCUT2D eigenvalue weighted by atomic mass is 9.70. The fraction of sp³-hybridized carbons (Fsp3) is 0.562. The van der Waals surface area contributed by atoms with Gasteiger partial charge in [0.2, 0.25) is 0 Å². The topological polar surface area (TPSA) is 85.3 Å². The molecule has 0 aliphatic carbocycles. The molecule has 1 unspecified atom stereocenters. The van der Waals surface area contributed by atoms with Crippen LogP contribution in [-0.4, -0.2) is 45.1 Å². The quantitative estimate of drug-likeness (QED) is 0.877. The third-order valence-corrected chi connectivity index (χ3v) is 5.73. The maximum Gasteiger partial charge on any atom is 0.421 e. The molecule has 8 heteroatoms. The number of carbonyl (C=O) groups is 1. The van der Waals surface area contributed by atoms with E-state index in [1.165, 1.54) is 0 Å². The molecule has 132 valence electrons. The molecule has 1 aromatic rings. The Morgan fingerprint density at radius 3 is 2.58 bits per heavy atom. The molecule has 1 N–H and O–H groups in total. The predicted octanol–water partition coefficient (Wildman–Crippen LogP) is 2.37. The Balaban J connectivity index is 1.99. The molecular weight excluding hydrogens is 334 g/mol. The third kappa shape index (κ3) is 2.73. The lowest BCUT2D eigenvalue weighted by Crippen LogP contribution is -2.58. The monoisotopic (exact) mass is 355 g/mol. The summed E-state index contributed by atoms with van der Waals surface area (Å²) < 4.78 is 29.4. The van der Waals surface area contributed by atoms with Gasteiger partial charge in [0.05, 0.1) is 12.1 Å². The van der Waals surface area contributed by atoms with Crippen molar-refractivity contribution in [2.75, 3.05) is 19.8 Å². The van der Waals surface area contributed by atoms with Gasteiger partial charge in [0.25, 0.3) is 11.3 Å². The minimum Gasteiger partial charge on any atom is -0.486 e. The zero-order chi connectivity index (χ0) is 17.5. The van der Waals surface area contributed by atoms with E-state index in [4.69, 9.17) is 13.7 Å². The number of nitrogens with zero attached hydrogens (tertiary/aromatic N) is 1. The van der Waals surface area contributed by atoms with Gasteiger partial charge >= 0.3 is 6.09 Å². The van der Waals surface area contributed by atoms with Crippen LogP contribution in [0, 0.1) is 5.41 Å². The first-order valence-corrected chi connectivity index (χ1v) is 8.75. The highest BCUT2D eigenvalue weighted by Crippen LogP contribution is 2.44. The lowest BCUT2D eigenvalue weighted by molar-refractivity contribution is 0.0533. The third-order valence-electron chi connectivity index (χ3n) is 4.61. The Hall–Kier alpha value is -1.80. The average molecular weight is 355 g/mol. The van der Waals surface area contributed by atoms with Crippen molar-refractivity contribution in [2.45, 2.75) is 32.7 Å². The number of hydrogen-bond donors (Lipinski definition) is 1. The summed E-state index contributed by atoms with van der Waals surface area (Å²) in [6.07, 6.45) is -0.885. The van der Waals surface area contributed by atoms with Crippen LogP contribution >= 0.6 is 0 Å². The fourth-order valence-electron chi connectivity index (χ4n) is 3.09. The number of amides is 1. The van der Waals surface area contributed by atoms with Gasteiger partial charge in [-0.2, -0.15) is 4.31 Å². The maximum absolute atomic E-state index is 12.1.